The van der Waals surface area contributed by atoms with E-state index in [2.05, 4.69) is 16.6 Å². The lowest BCUT2D eigenvalue weighted by atomic mass is 10.0. The van der Waals surface area contributed by atoms with Gasteiger partial charge in [-0.2, -0.15) is 0 Å². The lowest BCUT2D eigenvalue weighted by Crippen LogP contribution is -2.15. The van der Waals surface area contributed by atoms with E-state index in [4.69, 9.17) is 0 Å². The highest BCUT2D eigenvalue weighted by Gasteiger charge is 2.15. The van der Waals surface area contributed by atoms with Crippen LogP contribution < -0.4 is 10.1 Å². The molecule has 1 aliphatic rings. The zero-order valence-corrected chi connectivity index (χ0v) is 9.52. The third-order valence-corrected chi connectivity index (χ3v) is 2.62. The molecule has 0 saturated heterocycles. The minimum absolute atomic E-state index is 0.357. The van der Waals surface area contributed by atoms with Crippen LogP contribution in [0.25, 0.3) is 5.70 Å². The molecular formula is C13H13F2NO. The number of benzene rings is 1. The van der Waals surface area contributed by atoms with E-state index in [1.807, 2.05) is 6.08 Å². The van der Waals surface area contributed by atoms with Crippen molar-refractivity contribution in [3.63, 3.8) is 0 Å². The predicted molar refractivity (Wildman–Crippen MR) is 62.4 cm³/mol. The first-order chi connectivity index (χ1) is 8.11. The van der Waals surface area contributed by atoms with E-state index in [-0.39, 0.29) is 5.75 Å². The van der Waals surface area contributed by atoms with Gasteiger partial charge in [-0.25, -0.2) is 8.78 Å². The first-order valence-electron chi connectivity index (χ1n) is 5.30. The number of methoxy groups -OCH3 is 1. The summed E-state index contributed by atoms with van der Waals surface area (Å²) in [4.78, 5) is 0. The summed E-state index contributed by atoms with van der Waals surface area (Å²) in [6, 6.07) is 2.50. The van der Waals surface area contributed by atoms with Crippen LogP contribution in [0.1, 0.15) is 18.4 Å². The molecule has 0 aliphatic carbocycles. The highest BCUT2D eigenvalue weighted by molar-refractivity contribution is 5.67. The van der Waals surface area contributed by atoms with Crippen LogP contribution in [-0.2, 0) is 0 Å². The molecule has 0 bridgehead atoms. The molecule has 0 spiro atoms. The quantitative estimate of drug-likeness (QED) is 0.852. The van der Waals surface area contributed by atoms with Crippen LogP contribution in [0.4, 0.5) is 8.78 Å². The summed E-state index contributed by atoms with van der Waals surface area (Å²) in [5, 5.41) is 3.02. The highest BCUT2D eigenvalue weighted by atomic mass is 19.1. The smallest absolute Gasteiger partial charge is 0.190 e. The molecule has 2 rings (SSSR count). The number of hydrogen-bond donors (Lipinski definition) is 1. The molecule has 0 radical (unpaired) electrons. The second-order valence-electron chi connectivity index (χ2n) is 3.86. The largest absolute Gasteiger partial charge is 0.491 e. The van der Waals surface area contributed by atoms with Crippen LogP contribution in [0.3, 0.4) is 0 Å². The number of hydrogen-bond acceptors (Lipinski definition) is 2. The van der Waals surface area contributed by atoms with Gasteiger partial charge in [-0.1, -0.05) is 12.7 Å². The van der Waals surface area contributed by atoms with Gasteiger partial charge in [0.05, 0.1) is 7.11 Å². The summed E-state index contributed by atoms with van der Waals surface area (Å²) in [7, 11) is 1.24. The van der Waals surface area contributed by atoms with Crippen molar-refractivity contribution in [1.29, 1.82) is 0 Å². The monoisotopic (exact) mass is 237 g/mol. The average molecular weight is 237 g/mol. The van der Waals surface area contributed by atoms with Gasteiger partial charge in [-0.15, -0.1) is 0 Å². The minimum Gasteiger partial charge on any atom is -0.491 e. The molecule has 0 aromatic heterocycles. The van der Waals surface area contributed by atoms with Crippen LogP contribution in [0.15, 0.2) is 30.5 Å². The number of rotatable bonds is 2. The number of ether oxygens (including phenoxy) is 1. The Morgan fingerprint density at radius 3 is 2.47 bits per heavy atom. The molecule has 0 unspecified atom stereocenters. The van der Waals surface area contributed by atoms with Crippen molar-refractivity contribution < 1.29 is 13.5 Å². The Balaban J connectivity index is 2.40. The molecule has 0 atom stereocenters. The molecule has 1 heterocycles. The van der Waals surface area contributed by atoms with Gasteiger partial charge >= 0.3 is 0 Å². The van der Waals surface area contributed by atoms with E-state index in [1.54, 1.807) is 0 Å². The van der Waals surface area contributed by atoms with E-state index in [0.717, 1.165) is 18.5 Å². The summed E-state index contributed by atoms with van der Waals surface area (Å²) < 4.78 is 31.7. The van der Waals surface area contributed by atoms with E-state index in [0.29, 0.717) is 11.3 Å². The molecule has 1 aromatic rings. The Bertz CT molecular complexity index is 471. The number of halogens is 2. The molecule has 4 heteroatoms. The summed E-state index contributed by atoms with van der Waals surface area (Å²) in [5.74, 6) is -1.77. The van der Waals surface area contributed by atoms with Crippen molar-refractivity contribution in [2.24, 2.45) is 0 Å². The van der Waals surface area contributed by atoms with Gasteiger partial charge < -0.3 is 10.1 Å². The lowest BCUT2D eigenvalue weighted by molar-refractivity contribution is 0.359. The van der Waals surface area contributed by atoms with Gasteiger partial charge in [0, 0.05) is 17.0 Å². The fraction of sp³-hybridized carbons (Fsp3) is 0.231. The summed E-state index contributed by atoms with van der Waals surface area (Å²) in [5.41, 5.74) is 1.99. The van der Waals surface area contributed by atoms with Gasteiger partial charge in [-0.05, 0) is 25.0 Å². The van der Waals surface area contributed by atoms with Crippen LogP contribution in [0.5, 0.6) is 5.75 Å². The Kier molecular flexibility index (Phi) is 3.13. The molecule has 0 saturated carbocycles. The topological polar surface area (TPSA) is 21.3 Å². The SMILES string of the molecule is C=C1CCC=C(c2cc(F)c(OC)c(F)c2)N1. The summed E-state index contributed by atoms with van der Waals surface area (Å²) >= 11 is 0. The van der Waals surface area contributed by atoms with Crippen LogP contribution in [0.2, 0.25) is 0 Å². The van der Waals surface area contributed by atoms with Gasteiger partial charge in [0.1, 0.15) is 0 Å². The van der Waals surface area contributed by atoms with Crippen LogP contribution >= 0.6 is 0 Å². The van der Waals surface area contributed by atoms with Crippen molar-refractivity contribution >= 4 is 5.70 Å². The van der Waals surface area contributed by atoms with Crippen LogP contribution in [-0.4, -0.2) is 7.11 Å². The lowest BCUT2D eigenvalue weighted by Gasteiger charge is -2.18. The molecule has 1 N–H and O–H groups in total. The maximum absolute atomic E-state index is 13.5. The Morgan fingerprint density at radius 1 is 1.29 bits per heavy atom. The van der Waals surface area contributed by atoms with E-state index in [1.165, 1.54) is 19.2 Å². The average Bonchev–Trinajstić information content (AvgIpc) is 2.28. The first kappa shape index (κ1) is 11.6. The maximum Gasteiger partial charge on any atom is 0.190 e. The van der Waals surface area contributed by atoms with Crippen molar-refractivity contribution in [2.45, 2.75) is 12.8 Å². The van der Waals surface area contributed by atoms with Crippen molar-refractivity contribution in [3.05, 3.63) is 47.7 Å². The summed E-state index contributed by atoms with van der Waals surface area (Å²) in [6.07, 6.45) is 3.55. The zero-order valence-electron chi connectivity index (χ0n) is 9.52. The van der Waals surface area contributed by atoms with E-state index in [9.17, 15) is 8.78 Å². The Morgan fingerprint density at radius 2 is 1.94 bits per heavy atom. The Hall–Kier alpha value is -1.84. The molecule has 17 heavy (non-hydrogen) atoms. The molecule has 0 amide bonds. The molecular weight excluding hydrogens is 224 g/mol. The van der Waals surface area contributed by atoms with Gasteiger partial charge in [0.15, 0.2) is 17.4 Å². The normalized spacial score (nSPS) is 15.2. The van der Waals surface area contributed by atoms with Crippen molar-refractivity contribution in [3.8, 4) is 5.75 Å². The molecule has 1 aliphatic heterocycles. The Labute approximate surface area is 98.6 Å². The maximum atomic E-state index is 13.5. The number of nitrogens with one attached hydrogen (secondary N) is 1. The third-order valence-electron chi connectivity index (χ3n) is 2.62. The molecule has 0 fully saturated rings. The number of allylic oxidation sites excluding steroid dienone is 2. The first-order valence-corrected chi connectivity index (χ1v) is 5.30. The molecule has 2 nitrogen and oxygen atoms in total. The molecule has 1 aromatic carbocycles. The summed E-state index contributed by atoms with van der Waals surface area (Å²) in [6.45, 7) is 3.80. The second kappa shape index (κ2) is 4.57. The van der Waals surface area contributed by atoms with Crippen molar-refractivity contribution in [2.75, 3.05) is 7.11 Å². The predicted octanol–water partition coefficient (Wildman–Crippen LogP) is 3.21. The second-order valence-corrected chi connectivity index (χ2v) is 3.86. The fourth-order valence-corrected chi connectivity index (χ4v) is 1.80. The minimum atomic E-state index is -0.707. The van der Waals surface area contributed by atoms with E-state index >= 15 is 0 Å². The van der Waals surface area contributed by atoms with E-state index < -0.39 is 11.6 Å². The molecule has 90 valence electrons. The van der Waals surface area contributed by atoms with Gasteiger partial charge in [0.2, 0.25) is 0 Å². The third kappa shape index (κ3) is 2.30. The van der Waals surface area contributed by atoms with Crippen LogP contribution in [0, 0.1) is 11.6 Å². The highest BCUT2D eigenvalue weighted by Crippen LogP contribution is 2.27. The zero-order chi connectivity index (χ0) is 12.4. The fourth-order valence-electron chi connectivity index (χ4n) is 1.80. The van der Waals surface area contributed by atoms with Crippen molar-refractivity contribution in [1.82, 2.24) is 5.32 Å². The van der Waals surface area contributed by atoms with Gasteiger partial charge in [-0.3, -0.25) is 0 Å². The standard InChI is InChI=1S/C13H13F2NO/c1-8-4-3-5-12(16-8)9-6-10(14)13(17-2)11(15)7-9/h5-7,16H,1,3-4H2,2H3. The van der Waals surface area contributed by atoms with Gasteiger partial charge in [0.25, 0.3) is 0 Å².